The third-order valence-electron chi connectivity index (χ3n) is 3.58. The van der Waals surface area contributed by atoms with Crippen LogP contribution in [0.3, 0.4) is 0 Å². The Morgan fingerprint density at radius 2 is 2.00 bits per heavy atom. The van der Waals surface area contributed by atoms with Gasteiger partial charge in [-0.3, -0.25) is 0 Å². The van der Waals surface area contributed by atoms with Crippen molar-refractivity contribution in [3.05, 3.63) is 59.0 Å². The van der Waals surface area contributed by atoms with E-state index in [1.165, 1.54) is 13.4 Å². The number of hydrogen-bond acceptors (Lipinski definition) is 4. The van der Waals surface area contributed by atoms with Crippen LogP contribution in [0.15, 0.2) is 42.7 Å². The molecule has 2 aromatic carbocycles. The van der Waals surface area contributed by atoms with Crippen LogP contribution in [-0.2, 0) is 4.74 Å². The van der Waals surface area contributed by atoms with E-state index in [2.05, 4.69) is 9.97 Å². The Hall–Kier alpha value is -2.46. The number of nitrogens with zero attached hydrogens (tertiary/aromatic N) is 2. The first-order chi connectivity index (χ1) is 10.6. The molecule has 0 aliphatic heterocycles. The minimum atomic E-state index is -0.367. The van der Waals surface area contributed by atoms with E-state index >= 15 is 0 Å². The number of benzene rings is 2. The summed E-state index contributed by atoms with van der Waals surface area (Å²) in [4.78, 5) is 20.1. The van der Waals surface area contributed by atoms with E-state index in [1.54, 1.807) is 6.07 Å². The van der Waals surface area contributed by atoms with Gasteiger partial charge in [-0.05, 0) is 29.8 Å². The summed E-state index contributed by atoms with van der Waals surface area (Å²) in [6.07, 6.45) is 1.44. The van der Waals surface area contributed by atoms with Crippen LogP contribution in [0.25, 0.3) is 22.0 Å². The van der Waals surface area contributed by atoms with Crippen LogP contribution in [0.1, 0.15) is 15.9 Å². The average molecular weight is 313 g/mol. The van der Waals surface area contributed by atoms with Gasteiger partial charge in [-0.15, -0.1) is 0 Å². The second-order valence-corrected chi connectivity index (χ2v) is 5.23. The van der Waals surface area contributed by atoms with Crippen LogP contribution in [0.4, 0.5) is 0 Å². The molecule has 22 heavy (non-hydrogen) atoms. The lowest BCUT2D eigenvalue weighted by molar-refractivity contribution is 0.0601. The van der Waals surface area contributed by atoms with Crippen LogP contribution in [0.5, 0.6) is 0 Å². The molecule has 1 heterocycles. The fourth-order valence-corrected chi connectivity index (χ4v) is 2.56. The summed E-state index contributed by atoms with van der Waals surface area (Å²) in [5, 5.41) is 2.36. The number of hydrogen-bond donors (Lipinski definition) is 0. The zero-order valence-corrected chi connectivity index (χ0v) is 12.9. The molecule has 0 aliphatic carbocycles. The molecular formula is C17H13ClN2O2. The number of esters is 1. The fraction of sp³-hybridized carbons (Fsp3) is 0.118. The maximum Gasteiger partial charge on any atom is 0.337 e. The molecular weight excluding hydrogens is 300 g/mol. The van der Waals surface area contributed by atoms with Gasteiger partial charge in [0.15, 0.2) is 0 Å². The quantitative estimate of drug-likeness (QED) is 0.529. The van der Waals surface area contributed by atoms with Gasteiger partial charge in [0.25, 0.3) is 0 Å². The van der Waals surface area contributed by atoms with Gasteiger partial charge in [0.1, 0.15) is 11.5 Å². The highest BCUT2D eigenvalue weighted by Crippen LogP contribution is 2.31. The number of fused-ring (bicyclic) bond motifs is 1. The van der Waals surface area contributed by atoms with E-state index in [1.807, 2.05) is 37.3 Å². The SMILES string of the molecule is COC(=O)c1ccc2cccc(-c3ncnc(Cl)c3C)c2c1. The molecule has 0 bridgehead atoms. The summed E-state index contributed by atoms with van der Waals surface area (Å²) in [6, 6.07) is 11.3. The maximum absolute atomic E-state index is 11.8. The van der Waals surface area contributed by atoms with Crippen LogP contribution >= 0.6 is 11.6 Å². The summed E-state index contributed by atoms with van der Waals surface area (Å²) in [5.41, 5.74) is 2.97. The second kappa shape index (κ2) is 5.73. The van der Waals surface area contributed by atoms with Gasteiger partial charge in [0.2, 0.25) is 0 Å². The summed E-state index contributed by atoms with van der Waals surface area (Å²) < 4.78 is 4.79. The van der Waals surface area contributed by atoms with Gasteiger partial charge in [-0.2, -0.15) is 0 Å². The van der Waals surface area contributed by atoms with Gasteiger partial charge in [0.05, 0.1) is 18.4 Å². The monoisotopic (exact) mass is 312 g/mol. The molecule has 0 atom stereocenters. The minimum absolute atomic E-state index is 0.367. The molecule has 3 rings (SSSR count). The van der Waals surface area contributed by atoms with Crippen molar-refractivity contribution in [2.75, 3.05) is 7.11 Å². The highest BCUT2D eigenvalue weighted by molar-refractivity contribution is 6.30. The van der Waals surface area contributed by atoms with Crippen molar-refractivity contribution >= 4 is 28.3 Å². The Bertz CT molecular complexity index is 878. The molecule has 0 saturated carbocycles. The Kier molecular flexibility index (Phi) is 3.77. The molecule has 0 amide bonds. The molecule has 0 fully saturated rings. The molecule has 5 heteroatoms. The third-order valence-corrected chi connectivity index (χ3v) is 3.96. The number of halogens is 1. The predicted octanol–water partition coefficient (Wildman–Crippen LogP) is 4.05. The van der Waals surface area contributed by atoms with Crippen molar-refractivity contribution in [2.24, 2.45) is 0 Å². The van der Waals surface area contributed by atoms with Crippen molar-refractivity contribution in [2.45, 2.75) is 6.92 Å². The topological polar surface area (TPSA) is 52.1 Å². The first-order valence-corrected chi connectivity index (χ1v) is 7.08. The molecule has 0 spiro atoms. The smallest absolute Gasteiger partial charge is 0.337 e. The Morgan fingerprint density at radius 3 is 2.77 bits per heavy atom. The summed E-state index contributed by atoms with van der Waals surface area (Å²) in [5.74, 6) is -0.367. The predicted molar refractivity (Wildman–Crippen MR) is 86.1 cm³/mol. The molecule has 0 saturated heterocycles. The van der Waals surface area contributed by atoms with Crippen LogP contribution in [0.2, 0.25) is 5.15 Å². The maximum atomic E-state index is 11.8. The third kappa shape index (κ3) is 2.42. The standard InChI is InChI=1S/C17H13ClN2O2/c1-10-15(19-9-20-16(10)18)13-5-3-4-11-6-7-12(8-14(11)13)17(21)22-2/h3-9H,1-2H3. The molecule has 0 unspecified atom stereocenters. The first kappa shape index (κ1) is 14.5. The summed E-state index contributed by atoms with van der Waals surface area (Å²) in [6.45, 7) is 1.88. The molecule has 110 valence electrons. The van der Waals surface area contributed by atoms with Crippen molar-refractivity contribution in [3.63, 3.8) is 0 Å². The minimum Gasteiger partial charge on any atom is -0.465 e. The highest BCUT2D eigenvalue weighted by atomic mass is 35.5. The number of ether oxygens (including phenoxy) is 1. The van der Waals surface area contributed by atoms with Crippen molar-refractivity contribution in [1.82, 2.24) is 9.97 Å². The van der Waals surface area contributed by atoms with Gasteiger partial charge < -0.3 is 4.74 Å². The Labute approximate surface area is 132 Å². The highest BCUT2D eigenvalue weighted by Gasteiger charge is 2.13. The molecule has 1 aromatic heterocycles. The van der Waals surface area contributed by atoms with Crippen LogP contribution < -0.4 is 0 Å². The van der Waals surface area contributed by atoms with Crippen molar-refractivity contribution in [3.8, 4) is 11.3 Å². The lowest BCUT2D eigenvalue weighted by atomic mass is 9.98. The second-order valence-electron chi connectivity index (χ2n) is 4.87. The molecule has 0 radical (unpaired) electrons. The first-order valence-electron chi connectivity index (χ1n) is 6.70. The largest absolute Gasteiger partial charge is 0.465 e. The van der Waals surface area contributed by atoms with E-state index < -0.39 is 0 Å². The normalized spacial score (nSPS) is 10.7. The zero-order valence-electron chi connectivity index (χ0n) is 12.1. The number of rotatable bonds is 2. The number of carbonyl (C=O) groups is 1. The van der Waals surface area contributed by atoms with E-state index in [-0.39, 0.29) is 5.97 Å². The van der Waals surface area contributed by atoms with Gasteiger partial charge in [0, 0.05) is 11.1 Å². The van der Waals surface area contributed by atoms with Crippen molar-refractivity contribution < 1.29 is 9.53 Å². The van der Waals surface area contributed by atoms with Crippen molar-refractivity contribution in [1.29, 1.82) is 0 Å². The molecule has 0 N–H and O–H groups in total. The Morgan fingerprint density at radius 1 is 1.18 bits per heavy atom. The number of carbonyl (C=O) groups excluding carboxylic acids is 1. The Balaban J connectivity index is 2.29. The molecule has 0 aliphatic rings. The van der Waals surface area contributed by atoms with Crippen LogP contribution in [0, 0.1) is 6.92 Å². The van der Waals surface area contributed by atoms with Gasteiger partial charge >= 0.3 is 5.97 Å². The zero-order chi connectivity index (χ0) is 15.7. The summed E-state index contributed by atoms with van der Waals surface area (Å²) in [7, 11) is 1.37. The van der Waals surface area contributed by atoms with E-state index in [9.17, 15) is 4.79 Å². The average Bonchev–Trinajstić information content (AvgIpc) is 2.55. The fourth-order valence-electron chi connectivity index (χ4n) is 2.42. The summed E-state index contributed by atoms with van der Waals surface area (Å²) >= 11 is 6.09. The number of methoxy groups -OCH3 is 1. The van der Waals surface area contributed by atoms with Crippen LogP contribution in [-0.4, -0.2) is 23.0 Å². The van der Waals surface area contributed by atoms with Gasteiger partial charge in [-0.25, -0.2) is 14.8 Å². The number of aromatic nitrogens is 2. The van der Waals surface area contributed by atoms with E-state index in [4.69, 9.17) is 16.3 Å². The van der Waals surface area contributed by atoms with E-state index in [0.29, 0.717) is 10.7 Å². The molecule has 3 aromatic rings. The van der Waals surface area contributed by atoms with Gasteiger partial charge in [-0.1, -0.05) is 35.9 Å². The lowest BCUT2D eigenvalue weighted by Crippen LogP contribution is -2.01. The van der Waals surface area contributed by atoms with E-state index in [0.717, 1.165) is 27.6 Å². The molecule has 4 nitrogen and oxygen atoms in total. The lowest BCUT2D eigenvalue weighted by Gasteiger charge is -2.10.